The number of hydrogen-bond donors (Lipinski definition) is 0. The zero-order valence-electron chi connectivity index (χ0n) is 25.5. The van der Waals surface area contributed by atoms with E-state index >= 15 is 0 Å². The van der Waals surface area contributed by atoms with Crippen LogP contribution in [0.1, 0.15) is 58.3 Å². The third-order valence-electron chi connectivity index (χ3n) is 6.75. The first-order valence-corrected chi connectivity index (χ1v) is 13.6. The number of allylic oxidation sites excluding steroid dienone is 2. The zero-order chi connectivity index (χ0) is 43.5. The lowest BCUT2D eigenvalue weighted by Gasteiger charge is -2.45. The Balaban J connectivity index is 0. The third kappa shape index (κ3) is 8.53. The zero-order valence-corrected chi connectivity index (χ0v) is 25.5. The van der Waals surface area contributed by atoms with Crippen molar-refractivity contribution < 1.29 is 123 Å². The molecule has 0 N–H and O–H groups in total. The van der Waals surface area contributed by atoms with Crippen molar-refractivity contribution in [2.75, 3.05) is 0 Å². The van der Waals surface area contributed by atoms with Crippen molar-refractivity contribution >= 4 is 0 Å². The van der Waals surface area contributed by atoms with Crippen LogP contribution in [0.4, 0.5) is 123 Å². The number of unbranched alkanes of at least 4 members (excludes halogenated alkanes) is 7. The molecule has 0 aliphatic heterocycles. The largest absolute Gasteiger partial charge is 0.460 e. The van der Waals surface area contributed by atoms with Gasteiger partial charge >= 0.3 is 77.4 Å². The van der Waals surface area contributed by atoms with Gasteiger partial charge in [0, 0.05) is 0 Å². The lowest BCUT2D eigenvalue weighted by atomic mass is 9.84. The molecule has 0 unspecified atom stereocenters. The van der Waals surface area contributed by atoms with E-state index in [1.807, 2.05) is 6.08 Å². The van der Waals surface area contributed by atoms with E-state index < -0.39 is 83.2 Å². The van der Waals surface area contributed by atoms with E-state index in [1.165, 1.54) is 51.4 Å². The normalized spacial score (nSPS) is 15.2. The highest BCUT2D eigenvalue weighted by Gasteiger charge is 2.99. The summed E-state index contributed by atoms with van der Waals surface area (Å²) in [5, 5.41) is 0. The lowest BCUT2D eigenvalue weighted by Crippen LogP contribution is -2.78. The molecule has 0 aromatic rings. The van der Waals surface area contributed by atoms with E-state index in [0.29, 0.717) is 0 Å². The molecule has 0 amide bonds. The first-order valence-electron chi connectivity index (χ1n) is 13.6. The maximum Gasteiger partial charge on any atom is 0.460 e. The van der Waals surface area contributed by atoms with Crippen LogP contribution in [0.3, 0.4) is 0 Å². The molecule has 53 heavy (non-hydrogen) atoms. The van der Waals surface area contributed by atoms with Crippen LogP contribution in [-0.4, -0.2) is 71.3 Å². The minimum absolute atomic E-state index is 1.20. The summed E-state index contributed by atoms with van der Waals surface area (Å²) < 4.78 is 363. The Morgan fingerprint density at radius 1 is 0.377 bits per heavy atom. The van der Waals surface area contributed by atoms with E-state index in [0.717, 1.165) is 0 Å². The van der Waals surface area contributed by atoms with Gasteiger partial charge in [0.15, 0.2) is 0 Å². The highest BCUT2D eigenvalue weighted by atomic mass is 19.4. The topological polar surface area (TPSA) is 0 Å². The second-order valence-electron chi connectivity index (χ2n) is 10.6. The molecular weight excluding hydrogens is 832 g/mol. The van der Waals surface area contributed by atoms with E-state index in [9.17, 15) is 123 Å². The lowest BCUT2D eigenvalue weighted by molar-refractivity contribution is -0.481. The van der Waals surface area contributed by atoms with Gasteiger partial charge in [0.2, 0.25) is 5.83 Å². The summed E-state index contributed by atoms with van der Waals surface area (Å²) in [6.07, 6.45) is -0.0873. The molecule has 0 bridgehead atoms. The Kier molecular flexibility index (Phi) is 16.2. The van der Waals surface area contributed by atoms with Crippen LogP contribution < -0.4 is 0 Å². The van der Waals surface area contributed by atoms with Gasteiger partial charge in [0.05, 0.1) is 0 Å². The molecule has 0 spiro atoms. The summed E-state index contributed by atoms with van der Waals surface area (Å²) in [5.41, 5.74) is 0. The second-order valence-corrected chi connectivity index (χ2v) is 10.6. The second kappa shape index (κ2) is 16.3. The maximum absolute atomic E-state index is 13.5. The van der Waals surface area contributed by atoms with Crippen molar-refractivity contribution in [1.29, 1.82) is 0 Å². The monoisotopic (exact) mass is 854 g/mol. The molecule has 0 radical (unpaired) electrons. The van der Waals surface area contributed by atoms with Crippen LogP contribution in [0.15, 0.2) is 24.6 Å². The van der Waals surface area contributed by atoms with Gasteiger partial charge in [-0.1, -0.05) is 51.5 Å². The highest BCUT2D eigenvalue weighted by Crippen LogP contribution is 2.68. The van der Waals surface area contributed by atoms with Gasteiger partial charge in [-0.3, -0.25) is 0 Å². The first kappa shape index (κ1) is 52.6. The Morgan fingerprint density at radius 2 is 0.623 bits per heavy atom. The SMILES string of the molecule is C=CCCCCCCCCC.FC(F)=C(F)C(F)(F)C(F)(F)C(F)(F)C(F)(F)C(F)(F)C(F)(F)C(F)(F)C(F)(F)C(F)(F)C(F)(F)C(F)(F)C(F)(F)F. The maximum atomic E-state index is 13.5. The molecule has 0 heterocycles. The van der Waals surface area contributed by atoms with Crippen LogP contribution in [-0.2, 0) is 0 Å². The van der Waals surface area contributed by atoms with Crippen LogP contribution in [0.2, 0.25) is 0 Å². The molecule has 0 aliphatic carbocycles. The van der Waals surface area contributed by atoms with Gasteiger partial charge in [0.1, 0.15) is 0 Å². The van der Waals surface area contributed by atoms with Crippen molar-refractivity contribution in [2.45, 2.75) is 130 Å². The fourth-order valence-electron chi connectivity index (χ4n) is 3.45. The summed E-state index contributed by atoms with van der Waals surface area (Å²) in [7, 11) is 0. The van der Waals surface area contributed by atoms with Gasteiger partial charge in [-0.25, -0.2) is 0 Å². The van der Waals surface area contributed by atoms with Gasteiger partial charge in [-0.05, 0) is 12.8 Å². The van der Waals surface area contributed by atoms with Gasteiger partial charge in [-0.2, -0.15) is 123 Å². The summed E-state index contributed by atoms with van der Waals surface area (Å²) in [6, 6.07) is 0. The smallest absolute Gasteiger partial charge is 0.199 e. The Morgan fingerprint density at radius 3 is 0.868 bits per heavy atom. The summed E-state index contributed by atoms with van der Waals surface area (Å²) >= 11 is 0. The number of halogens is 28. The van der Waals surface area contributed by atoms with Crippen molar-refractivity contribution in [3.8, 4) is 0 Å². The van der Waals surface area contributed by atoms with Gasteiger partial charge in [-0.15, -0.1) is 6.58 Å². The molecule has 0 aromatic carbocycles. The first-order chi connectivity index (χ1) is 23.0. The number of hydrogen-bond acceptors (Lipinski definition) is 0. The van der Waals surface area contributed by atoms with E-state index in [-0.39, 0.29) is 0 Å². The molecule has 0 rings (SSSR count). The predicted molar refractivity (Wildman–Crippen MR) is 124 cm³/mol. The molecule has 318 valence electrons. The number of rotatable bonds is 19. The summed E-state index contributed by atoms with van der Waals surface area (Å²) in [5.74, 6) is -108. The Labute approximate surface area is 278 Å². The van der Waals surface area contributed by atoms with Crippen LogP contribution >= 0.6 is 0 Å². The fourth-order valence-corrected chi connectivity index (χ4v) is 3.45. The van der Waals surface area contributed by atoms with Crippen molar-refractivity contribution in [2.24, 2.45) is 0 Å². The molecule has 0 saturated heterocycles. The molecule has 0 nitrogen and oxygen atoms in total. The molecule has 0 fully saturated rings. The summed E-state index contributed by atoms with van der Waals surface area (Å²) in [4.78, 5) is 0. The Bertz CT molecular complexity index is 1220. The quantitative estimate of drug-likeness (QED) is 0.0690. The average Bonchev–Trinajstić information content (AvgIpc) is 2.98. The van der Waals surface area contributed by atoms with Gasteiger partial charge < -0.3 is 0 Å². The average molecular weight is 854 g/mol. The van der Waals surface area contributed by atoms with Crippen molar-refractivity contribution in [1.82, 2.24) is 0 Å². The predicted octanol–water partition coefficient (Wildman–Crippen LogP) is 13.9. The summed E-state index contributed by atoms with van der Waals surface area (Å²) in [6.45, 7) is 5.97. The fraction of sp³-hybridized carbons (Fsp3) is 0.840. The van der Waals surface area contributed by atoms with Crippen LogP contribution in [0.25, 0.3) is 0 Å². The van der Waals surface area contributed by atoms with E-state index in [4.69, 9.17) is 0 Å². The van der Waals surface area contributed by atoms with E-state index in [1.54, 1.807) is 0 Å². The Hall–Kier alpha value is -2.48. The molecule has 28 heteroatoms. The molecule has 0 saturated carbocycles. The molecular formula is C25H22F28. The van der Waals surface area contributed by atoms with Crippen LogP contribution in [0, 0.1) is 0 Å². The van der Waals surface area contributed by atoms with Crippen molar-refractivity contribution in [3.63, 3.8) is 0 Å². The van der Waals surface area contributed by atoms with Crippen molar-refractivity contribution in [3.05, 3.63) is 24.6 Å². The van der Waals surface area contributed by atoms with E-state index in [2.05, 4.69) is 13.5 Å². The molecule has 0 aromatic heterocycles. The third-order valence-corrected chi connectivity index (χ3v) is 6.75. The van der Waals surface area contributed by atoms with Gasteiger partial charge in [0.25, 0.3) is 0 Å². The van der Waals surface area contributed by atoms with Crippen LogP contribution in [0.5, 0.6) is 0 Å². The minimum Gasteiger partial charge on any atom is -0.199 e. The molecule has 0 aliphatic rings. The standard InChI is InChI=1S/C14F28.C11H22/c15-1(2(16)17)3(18,19)4(20,21)5(22,23)6(24,25)7(26,27)8(28,29)9(30,31)10(32,33)11(34,35)12(36,37)13(38,39)14(40,41)42;1-3-5-7-9-11-10-8-6-4-2/h;3H,1,4-11H2,2H3. The molecule has 0 atom stereocenters. The highest BCUT2D eigenvalue weighted by molar-refractivity contribution is 5.22. The number of alkyl halides is 25. The minimum atomic E-state index is -9.80.